The van der Waals surface area contributed by atoms with Gasteiger partial charge in [-0.1, -0.05) is 13.8 Å². The third-order valence-electron chi connectivity index (χ3n) is 4.28. The standard InChI is InChI=1S/C15H24N4O/c1-4-15(5-2,6-9-20)11-17-14-13-10-12(3)18-19(13)8-7-16-14/h7-8,10,20H,4-6,9,11H2,1-3H3,(H,16,17). The third-order valence-corrected chi connectivity index (χ3v) is 4.28. The molecular weight excluding hydrogens is 252 g/mol. The zero-order valence-corrected chi connectivity index (χ0v) is 12.6. The van der Waals surface area contributed by atoms with Gasteiger partial charge in [0.2, 0.25) is 0 Å². The lowest BCUT2D eigenvalue weighted by atomic mass is 9.79. The molecule has 5 nitrogen and oxygen atoms in total. The number of hydrogen-bond acceptors (Lipinski definition) is 4. The van der Waals surface area contributed by atoms with Crippen LogP contribution in [0.3, 0.4) is 0 Å². The molecule has 2 N–H and O–H groups in total. The normalized spacial score (nSPS) is 12.0. The Morgan fingerprint density at radius 1 is 1.35 bits per heavy atom. The quantitative estimate of drug-likeness (QED) is 0.816. The topological polar surface area (TPSA) is 62.5 Å². The van der Waals surface area contributed by atoms with E-state index in [1.54, 1.807) is 6.20 Å². The van der Waals surface area contributed by atoms with Gasteiger partial charge in [0, 0.05) is 25.5 Å². The minimum absolute atomic E-state index is 0.123. The summed E-state index contributed by atoms with van der Waals surface area (Å²) in [6.45, 7) is 7.38. The largest absolute Gasteiger partial charge is 0.396 e. The Balaban J connectivity index is 2.19. The minimum atomic E-state index is 0.123. The summed E-state index contributed by atoms with van der Waals surface area (Å²) < 4.78 is 1.84. The van der Waals surface area contributed by atoms with Crippen molar-refractivity contribution in [2.24, 2.45) is 5.41 Å². The Morgan fingerprint density at radius 3 is 2.75 bits per heavy atom. The summed E-state index contributed by atoms with van der Waals surface area (Å²) in [5.41, 5.74) is 2.10. The number of aliphatic hydroxyl groups excluding tert-OH is 1. The van der Waals surface area contributed by atoms with E-state index in [1.807, 2.05) is 23.7 Å². The zero-order chi connectivity index (χ0) is 14.6. The molecule has 0 aromatic carbocycles. The molecule has 0 radical (unpaired) electrons. The maximum Gasteiger partial charge on any atom is 0.152 e. The Bertz CT molecular complexity index is 560. The predicted octanol–water partition coefficient (Wildman–Crippen LogP) is 2.64. The van der Waals surface area contributed by atoms with Crippen molar-refractivity contribution in [1.82, 2.24) is 14.6 Å². The highest BCUT2D eigenvalue weighted by Crippen LogP contribution is 2.31. The number of hydrogen-bond donors (Lipinski definition) is 2. The molecule has 110 valence electrons. The van der Waals surface area contributed by atoms with Crippen LogP contribution < -0.4 is 5.32 Å². The average Bonchev–Trinajstić information content (AvgIpc) is 2.84. The molecule has 0 saturated heterocycles. The summed E-state index contributed by atoms with van der Waals surface area (Å²) in [6, 6.07) is 2.03. The first kappa shape index (κ1) is 14.8. The maximum atomic E-state index is 9.28. The van der Waals surface area contributed by atoms with Gasteiger partial charge in [0.25, 0.3) is 0 Å². The predicted molar refractivity (Wildman–Crippen MR) is 80.9 cm³/mol. The van der Waals surface area contributed by atoms with Crippen LogP contribution in [0.25, 0.3) is 5.52 Å². The van der Waals surface area contributed by atoms with Gasteiger partial charge in [-0.3, -0.25) is 0 Å². The number of rotatable bonds is 7. The van der Waals surface area contributed by atoms with Crippen LogP contribution in [0, 0.1) is 12.3 Å². The second kappa shape index (κ2) is 6.22. The van der Waals surface area contributed by atoms with Gasteiger partial charge in [-0.15, -0.1) is 0 Å². The highest BCUT2D eigenvalue weighted by Gasteiger charge is 2.25. The van der Waals surface area contributed by atoms with Crippen LogP contribution in [0.1, 0.15) is 38.8 Å². The van der Waals surface area contributed by atoms with Crippen molar-refractivity contribution < 1.29 is 5.11 Å². The van der Waals surface area contributed by atoms with Crippen LogP contribution in [-0.4, -0.2) is 32.9 Å². The van der Waals surface area contributed by atoms with Gasteiger partial charge in [0.05, 0.1) is 5.69 Å². The van der Waals surface area contributed by atoms with E-state index in [0.29, 0.717) is 0 Å². The van der Waals surface area contributed by atoms with Crippen LogP contribution in [0.5, 0.6) is 0 Å². The first-order valence-corrected chi connectivity index (χ1v) is 7.30. The summed E-state index contributed by atoms with van der Waals surface area (Å²) in [5.74, 6) is 0.859. The van der Waals surface area contributed by atoms with Gasteiger partial charge in [0.1, 0.15) is 5.52 Å². The molecule has 0 amide bonds. The SMILES string of the molecule is CCC(CC)(CCO)CNc1nccn2nc(C)cc12. The second-order valence-corrected chi connectivity index (χ2v) is 5.43. The average molecular weight is 276 g/mol. The van der Waals surface area contributed by atoms with E-state index in [9.17, 15) is 5.11 Å². The number of anilines is 1. The molecule has 2 aromatic heterocycles. The summed E-state index contributed by atoms with van der Waals surface area (Å²) in [4.78, 5) is 4.42. The van der Waals surface area contributed by atoms with E-state index in [1.165, 1.54) is 0 Å². The Kier molecular flexibility index (Phi) is 4.60. The second-order valence-electron chi connectivity index (χ2n) is 5.43. The Hall–Kier alpha value is -1.62. The molecule has 0 aliphatic heterocycles. The molecule has 2 rings (SSSR count). The smallest absolute Gasteiger partial charge is 0.152 e. The van der Waals surface area contributed by atoms with Gasteiger partial charge in [-0.25, -0.2) is 9.50 Å². The van der Waals surface area contributed by atoms with Crippen LogP contribution in [0.4, 0.5) is 5.82 Å². The van der Waals surface area contributed by atoms with Crippen molar-refractivity contribution in [2.75, 3.05) is 18.5 Å². The number of aliphatic hydroxyl groups is 1. The van der Waals surface area contributed by atoms with Crippen molar-refractivity contribution in [3.8, 4) is 0 Å². The summed E-state index contributed by atoms with van der Waals surface area (Å²) >= 11 is 0. The number of nitrogens with zero attached hydrogens (tertiary/aromatic N) is 3. The molecule has 2 aromatic rings. The highest BCUT2D eigenvalue weighted by molar-refractivity contribution is 5.67. The Labute approximate surface area is 120 Å². The van der Waals surface area contributed by atoms with E-state index < -0.39 is 0 Å². The fraction of sp³-hybridized carbons (Fsp3) is 0.600. The van der Waals surface area contributed by atoms with Crippen LogP contribution in [0.15, 0.2) is 18.5 Å². The molecule has 0 bridgehead atoms. The molecule has 0 spiro atoms. The van der Waals surface area contributed by atoms with E-state index >= 15 is 0 Å². The molecule has 0 fully saturated rings. The zero-order valence-electron chi connectivity index (χ0n) is 12.6. The first-order valence-electron chi connectivity index (χ1n) is 7.30. The van der Waals surface area contributed by atoms with Gasteiger partial charge in [-0.2, -0.15) is 5.10 Å². The van der Waals surface area contributed by atoms with E-state index in [-0.39, 0.29) is 12.0 Å². The fourth-order valence-corrected chi connectivity index (χ4v) is 2.63. The van der Waals surface area contributed by atoms with Crippen LogP contribution in [0.2, 0.25) is 0 Å². The fourth-order valence-electron chi connectivity index (χ4n) is 2.63. The van der Waals surface area contributed by atoms with Gasteiger partial charge in [-0.05, 0) is 37.7 Å². The van der Waals surface area contributed by atoms with Crippen molar-refractivity contribution in [2.45, 2.75) is 40.0 Å². The monoisotopic (exact) mass is 276 g/mol. The van der Waals surface area contributed by atoms with Crippen molar-refractivity contribution in [1.29, 1.82) is 0 Å². The van der Waals surface area contributed by atoms with Gasteiger partial charge < -0.3 is 10.4 Å². The van der Waals surface area contributed by atoms with Gasteiger partial charge >= 0.3 is 0 Å². The van der Waals surface area contributed by atoms with Crippen molar-refractivity contribution in [3.63, 3.8) is 0 Å². The lowest BCUT2D eigenvalue weighted by molar-refractivity contribution is 0.179. The third kappa shape index (κ3) is 2.93. The lowest BCUT2D eigenvalue weighted by Gasteiger charge is -2.31. The molecule has 0 atom stereocenters. The summed E-state index contributed by atoms with van der Waals surface area (Å²) in [7, 11) is 0. The first-order chi connectivity index (χ1) is 9.64. The summed E-state index contributed by atoms with van der Waals surface area (Å²) in [6.07, 6.45) is 6.51. The number of aryl methyl sites for hydroxylation is 1. The summed E-state index contributed by atoms with van der Waals surface area (Å²) in [5, 5.41) is 17.1. The number of aromatic nitrogens is 3. The van der Waals surface area contributed by atoms with Crippen LogP contribution in [-0.2, 0) is 0 Å². The van der Waals surface area contributed by atoms with Crippen LogP contribution >= 0.6 is 0 Å². The molecule has 0 aliphatic carbocycles. The maximum absolute atomic E-state index is 9.28. The number of fused-ring (bicyclic) bond motifs is 1. The lowest BCUT2D eigenvalue weighted by Crippen LogP contribution is -2.30. The Morgan fingerprint density at radius 2 is 2.10 bits per heavy atom. The molecular formula is C15H24N4O. The molecule has 2 heterocycles. The van der Waals surface area contributed by atoms with E-state index in [4.69, 9.17) is 0 Å². The van der Waals surface area contributed by atoms with Gasteiger partial charge in [0.15, 0.2) is 5.82 Å². The highest BCUT2D eigenvalue weighted by atomic mass is 16.3. The minimum Gasteiger partial charge on any atom is -0.396 e. The molecule has 0 unspecified atom stereocenters. The molecule has 0 saturated carbocycles. The molecule has 20 heavy (non-hydrogen) atoms. The van der Waals surface area contributed by atoms with E-state index in [2.05, 4.69) is 29.2 Å². The van der Waals surface area contributed by atoms with E-state index in [0.717, 1.165) is 42.8 Å². The van der Waals surface area contributed by atoms with Crippen molar-refractivity contribution in [3.05, 3.63) is 24.2 Å². The number of nitrogens with one attached hydrogen (secondary N) is 1. The molecule has 5 heteroatoms. The molecule has 0 aliphatic rings. The van der Waals surface area contributed by atoms with Crippen molar-refractivity contribution >= 4 is 11.3 Å².